The fraction of sp³-hybridized carbons (Fsp3) is 0.143. The molecule has 0 saturated carbocycles. The molecule has 0 aliphatic rings. The SMILES string of the molecule is COc1c[c]ccc1S(=O)(=O)F. The van der Waals surface area contributed by atoms with Crippen LogP contribution in [0.5, 0.6) is 5.75 Å². The molecule has 1 aromatic carbocycles. The zero-order valence-electron chi connectivity index (χ0n) is 6.24. The third-order valence-corrected chi connectivity index (χ3v) is 2.13. The van der Waals surface area contributed by atoms with E-state index < -0.39 is 15.1 Å². The monoisotopic (exact) mass is 189 g/mol. The first-order valence-corrected chi connectivity index (χ1v) is 4.43. The molecule has 5 heteroatoms. The molecule has 3 nitrogen and oxygen atoms in total. The molecule has 0 spiro atoms. The summed E-state index contributed by atoms with van der Waals surface area (Å²) in [5.74, 6) is -0.0417. The molecule has 0 fully saturated rings. The number of benzene rings is 1. The summed E-state index contributed by atoms with van der Waals surface area (Å²) in [4.78, 5) is -0.469. The minimum atomic E-state index is -4.69. The maximum absolute atomic E-state index is 12.4. The number of hydrogen-bond acceptors (Lipinski definition) is 3. The summed E-state index contributed by atoms with van der Waals surface area (Å²) in [5.41, 5.74) is 0. The second kappa shape index (κ2) is 3.10. The quantitative estimate of drug-likeness (QED) is 0.655. The first kappa shape index (κ1) is 8.99. The molecule has 1 radical (unpaired) electrons. The number of rotatable bonds is 2. The van der Waals surface area contributed by atoms with E-state index >= 15 is 0 Å². The molecule has 0 saturated heterocycles. The predicted octanol–water partition coefficient (Wildman–Crippen LogP) is 1.15. The maximum Gasteiger partial charge on any atom is 0.335 e. The molecule has 12 heavy (non-hydrogen) atoms. The highest BCUT2D eigenvalue weighted by atomic mass is 32.3. The largest absolute Gasteiger partial charge is 0.495 e. The Morgan fingerprint density at radius 3 is 2.67 bits per heavy atom. The van der Waals surface area contributed by atoms with Gasteiger partial charge in [-0.2, -0.15) is 8.42 Å². The average Bonchev–Trinajstić information content (AvgIpc) is 2.03. The van der Waals surface area contributed by atoms with Crippen molar-refractivity contribution in [3.05, 3.63) is 24.3 Å². The molecule has 0 aliphatic heterocycles. The van der Waals surface area contributed by atoms with Gasteiger partial charge in [-0.3, -0.25) is 0 Å². The van der Waals surface area contributed by atoms with Crippen LogP contribution < -0.4 is 4.74 Å². The summed E-state index contributed by atoms with van der Waals surface area (Å²) in [6, 6.07) is 6.22. The Bertz CT molecular complexity index is 372. The molecule has 0 heterocycles. The number of methoxy groups -OCH3 is 1. The van der Waals surface area contributed by atoms with E-state index in [1.54, 1.807) is 0 Å². The second-order valence-corrected chi connectivity index (χ2v) is 3.33. The smallest absolute Gasteiger partial charge is 0.335 e. The van der Waals surface area contributed by atoms with Gasteiger partial charge in [-0.25, -0.2) is 0 Å². The Labute approximate surface area is 70.0 Å². The molecule has 0 aliphatic carbocycles. The van der Waals surface area contributed by atoms with Crippen LogP contribution in [0.15, 0.2) is 23.1 Å². The molecule has 0 N–H and O–H groups in total. The van der Waals surface area contributed by atoms with Crippen LogP contribution in [0.25, 0.3) is 0 Å². The number of hydrogen-bond donors (Lipinski definition) is 0. The summed E-state index contributed by atoms with van der Waals surface area (Å²) in [6.45, 7) is 0. The van der Waals surface area contributed by atoms with Crippen molar-refractivity contribution in [3.63, 3.8) is 0 Å². The topological polar surface area (TPSA) is 43.4 Å². The molecule has 0 aromatic heterocycles. The van der Waals surface area contributed by atoms with Gasteiger partial charge in [0.2, 0.25) is 0 Å². The van der Waals surface area contributed by atoms with Crippen molar-refractivity contribution in [2.24, 2.45) is 0 Å². The van der Waals surface area contributed by atoms with Crippen molar-refractivity contribution in [2.75, 3.05) is 7.11 Å². The fourth-order valence-corrected chi connectivity index (χ4v) is 1.37. The Morgan fingerprint density at radius 2 is 2.25 bits per heavy atom. The van der Waals surface area contributed by atoms with Crippen LogP contribution in [0.4, 0.5) is 3.89 Å². The van der Waals surface area contributed by atoms with Gasteiger partial charge in [-0.05, 0) is 18.2 Å². The van der Waals surface area contributed by atoms with E-state index in [1.165, 1.54) is 19.2 Å². The summed E-state index contributed by atoms with van der Waals surface area (Å²) in [5, 5.41) is 0. The van der Waals surface area contributed by atoms with E-state index in [2.05, 4.69) is 10.8 Å². The van der Waals surface area contributed by atoms with Crippen LogP contribution in [-0.4, -0.2) is 15.5 Å². The standard InChI is InChI=1S/C7H6FO3S/c1-11-6-4-2-3-5-7(6)12(8,9)10/h3-5H,1H3. The van der Waals surface area contributed by atoms with E-state index in [0.717, 1.165) is 6.07 Å². The highest BCUT2D eigenvalue weighted by Gasteiger charge is 2.16. The second-order valence-electron chi connectivity index (χ2n) is 2.01. The zero-order valence-corrected chi connectivity index (χ0v) is 7.06. The minimum absolute atomic E-state index is 0.0417. The van der Waals surface area contributed by atoms with Crippen molar-refractivity contribution in [3.8, 4) is 5.75 Å². The lowest BCUT2D eigenvalue weighted by atomic mass is 10.3. The number of halogens is 1. The van der Waals surface area contributed by atoms with E-state index in [1.807, 2.05) is 0 Å². The van der Waals surface area contributed by atoms with Gasteiger partial charge in [-0.15, -0.1) is 3.89 Å². The highest BCUT2D eigenvalue weighted by molar-refractivity contribution is 7.86. The Hall–Kier alpha value is -1.10. The van der Waals surface area contributed by atoms with Gasteiger partial charge >= 0.3 is 10.2 Å². The molecule has 65 valence electrons. The van der Waals surface area contributed by atoms with E-state index in [4.69, 9.17) is 0 Å². The van der Waals surface area contributed by atoms with Crippen LogP contribution >= 0.6 is 0 Å². The summed E-state index contributed by atoms with van der Waals surface area (Å²) in [7, 11) is -3.43. The van der Waals surface area contributed by atoms with Gasteiger partial charge in [0.05, 0.1) is 7.11 Å². The molecule has 0 amide bonds. The minimum Gasteiger partial charge on any atom is -0.495 e. The van der Waals surface area contributed by atoms with Crippen molar-refractivity contribution in [1.29, 1.82) is 0 Å². The van der Waals surface area contributed by atoms with Crippen LogP contribution in [0, 0.1) is 6.07 Å². The molecule has 1 rings (SSSR count). The fourth-order valence-electron chi connectivity index (χ4n) is 0.762. The van der Waals surface area contributed by atoms with Gasteiger partial charge < -0.3 is 4.74 Å². The van der Waals surface area contributed by atoms with Crippen molar-refractivity contribution in [2.45, 2.75) is 4.90 Å². The van der Waals surface area contributed by atoms with Crippen LogP contribution in [0.1, 0.15) is 0 Å². The Balaban J connectivity index is 3.33. The van der Waals surface area contributed by atoms with E-state index in [9.17, 15) is 12.3 Å². The van der Waals surface area contributed by atoms with Crippen LogP contribution in [0.3, 0.4) is 0 Å². The molecule has 0 atom stereocenters. The van der Waals surface area contributed by atoms with Crippen molar-refractivity contribution >= 4 is 10.2 Å². The third kappa shape index (κ3) is 1.73. The van der Waals surface area contributed by atoms with Crippen LogP contribution in [-0.2, 0) is 10.2 Å². The maximum atomic E-state index is 12.4. The molecular formula is C7H6FO3S. The predicted molar refractivity (Wildman–Crippen MR) is 40.1 cm³/mol. The van der Waals surface area contributed by atoms with Gasteiger partial charge in [0, 0.05) is 0 Å². The van der Waals surface area contributed by atoms with E-state index in [0.29, 0.717) is 0 Å². The first-order valence-electron chi connectivity index (χ1n) is 3.04. The zero-order chi connectivity index (χ0) is 9.19. The summed E-state index contributed by atoms with van der Waals surface area (Å²) in [6.07, 6.45) is 0. The third-order valence-electron chi connectivity index (χ3n) is 1.27. The lowest BCUT2D eigenvalue weighted by Gasteiger charge is -2.02. The van der Waals surface area contributed by atoms with Crippen LogP contribution in [0.2, 0.25) is 0 Å². The van der Waals surface area contributed by atoms with Crippen molar-refractivity contribution in [1.82, 2.24) is 0 Å². The van der Waals surface area contributed by atoms with Gasteiger partial charge in [-0.1, -0.05) is 6.07 Å². The van der Waals surface area contributed by atoms with Gasteiger partial charge in [0.25, 0.3) is 0 Å². The number of ether oxygens (including phenoxy) is 1. The Kier molecular flexibility index (Phi) is 2.32. The van der Waals surface area contributed by atoms with E-state index in [-0.39, 0.29) is 5.75 Å². The molecular weight excluding hydrogens is 183 g/mol. The molecule has 0 unspecified atom stereocenters. The van der Waals surface area contributed by atoms with Crippen molar-refractivity contribution < 1.29 is 17.0 Å². The first-order chi connectivity index (χ1) is 5.55. The molecule has 1 aromatic rings. The lowest BCUT2D eigenvalue weighted by Crippen LogP contribution is -1.96. The average molecular weight is 189 g/mol. The van der Waals surface area contributed by atoms with Gasteiger partial charge in [0.15, 0.2) is 0 Å². The molecule has 0 bridgehead atoms. The summed E-state index contributed by atoms with van der Waals surface area (Å²) < 4.78 is 38.0. The Morgan fingerprint density at radius 1 is 1.58 bits per heavy atom. The normalized spacial score (nSPS) is 11.2. The van der Waals surface area contributed by atoms with Gasteiger partial charge in [0.1, 0.15) is 10.6 Å². The lowest BCUT2D eigenvalue weighted by molar-refractivity contribution is 0.401. The summed E-state index contributed by atoms with van der Waals surface area (Å²) >= 11 is 0. The highest BCUT2D eigenvalue weighted by Crippen LogP contribution is 2.23.